The Morgan fingerprint density at radius 3 is 2.24 bits per heavy atom. The molecule has 0 radical (unpaired) electrons. The van der Waals surface area contributed by atoms with Crippen LogP contribution in [0.3, 0.4) is 0 Å². The molecule has 0 amide bonds. The van der Waals surface area contributed by atoms with Crippen molar-refractivity contribution in [1.29, 1.82) is 0 Å². The van der Waals surface area contributed by atoms with Crippen molar-refractivity contribution in [3.8, 4) is 0 Å². The van der Waals surface area contributed by atoms with Crippen LogP contribution in [0.1, 0.15) is 38.7 Å². The lowest BCUT2D eigenvalue weighted by atomic mass is 9.90. The minimum atomic E-state index is -1.04. The second-order valence-corrected chi connectivity index (χ2v) is 7.07. The highest BCUT2D eigenvalue weighted by atomic mass is 127. The number of esters is 1. The molecule has 0 aromatic heterocycles. The number of aliphatic carboxylic acids is 1. The normalized spacial score (nSPS) is 14.3. The minimum absolute atomic E-state index is 0.296. The number of carbonyl (C=O) groups excluding carboxylic acids is 1. The van der Waals surface area contributed by atoms with Crippen LogP contribution >= 0.6 is 22.6 Å². The lowest BCUT2D eigenvalue weighted by Crippen LogP contribution is -2.39. The van der Waals surface area contributed by atoms with Crippen LogP contribution in [-0.4, -0.2) is 28.7 Å². The fourth-order valence-electron chi connectivity index (χ4n) is 1.91. The summed E-state index contributed by atoms with van der Waals surface area (Å²) in [5, 5.41) is 8.90. The Balaban J connectivity index is 3.07. The van der Waals surface area contributed by atoms with Gasteiger partial charge in [-0.25, -0.2) is 0 Å². The lowest BCUT2D eigenvalue weighted by molar-refractivity contribution is -0.157. The van der Waals surface area contributed by atoms with Crippen LogP contribution in [0, 0.1) is 3.57 Å². The molecule has 116 valence electrons. The first-order valence-corrected chi connectivity index (χ1v) is 7.64. The molecule has 0 fully saturated rings. The Hall–Kier alpha value is -1.15. The molecule has 1 rings (SSSR count). The topological polar surface area (TPSA) is 89.6 Å². The van der Waals surface area contributed by atoms with E-state index in [1.807, 2.05) is 12.1 Å². The van der Waals surface area contributed by atoms with E-state index >= 15 is 0 Å². The number of nitrogens with two attached hydrogens (primary N) is 1. The summed E-state index contributed by atoms with van der Waals surface area (Å²) >= 11 is 2.16. The summed E-state index contributed by atoms with van der Waals surface area (Å²) in [4.78, 5) is 23.2. The maximum Gasteiger partial charge on any atom is 0.315 e. The van der Waals surface area contributed by atoms with Crippen molar-refractivity contribution in [3.05, 3.63) is 33.4 Å². The maximum absolute atomic E-state index is 12.4. The van der Waals surface area contributed by atoms with Gasteiger partial charge in [0.1, 0.15) is 5.60 Å². The van der Waals surface area contributed by atoms with Crippen molar-refractivity contribution in [2.45, 2.75) is 44.8 Å². The van der Waals surface area contributed by atoms with Crippen molar-refractivity contribution in [3.63, 3.8) is 0 Å². The van der Waals surface area contributed by atoms with Gasteiger partial charge in [0.25, 0.3) is 0 Å². The van der Waals surface area contributed by atoms with E-state index in [9.17, 15) is 9.59 Å². The van der Waals surface area contributed by atoms with E-state index in [4.69, 9.17) is 15.6 Å². The second-order valence-electron chi connectivity index (χ2n) is 5.82. The largest absolute Gasteiger partial charge is 0.481 e. The summed E-state index contributed by atoms with van der Waals surface area (Å²) in [6.45, 7) is 5.29. The molecule has 0 saturated heterocycles. The number of carbonyl (C=O) groups is 2. The van der Waals surface area contributed by atoms with E-state index in [1.54, 1.807) is 32.9 Å². The highest BCUT2D eigenvalue weighted by Crippen LogP contribution is 2.25. The van der Waals surface area contributed by atoms with Gasteiger partial charge in [-0.15, -0.1) is 0 Å². The van der Waals surface area contributed by atoms with E-state index in [0.717, 1.165) is 3.57 Å². The molecule has 0 saturated carbocycles. The van der Waals surface area contributed by atoms with Crippen LogP contribution in [-0.2, 0) is 14.3 Å². The quantitative estimate of drug-likeness (QED) is 0.581. The monoisotopic (exact) mass is 405 g/mol. The van der Waals surface area contributed by atoms with Crippen molar-refractivity contribution in [1.82, 2.24) is 0 Å². The van der Waals surface area contributed by atoms with E-state index in [2.05, 4.69) is 22.6 Å². The Labute approximate surface area is 138 Å². The summed E-state index contributed by atoms with van der Waals surface area (Å²) in [6.07, 6.45) is -0.296. The molecule has 0 spiro atoms. The molecule has 2 atom stereocenters. The predicted octanol–water partition coefficient (Wildman–Crippen LogP) is 2.52. The number of carboxylic acids is 1. The van der Waals surface area contributed by atoms with Crippen molar-refractivity contribution in [2.75, 3.05) is 0 Å². The van der Waals surface area contributed by atoms with Gasteiger partial charge in [-0.2, -0.15) is 0 Å². The van der Waals surface area contributed by atoms with Gasteiger partial charge in [-0.05, 0) is 61.1 Å². The lowest BCUT2D eigenvalue weighted by Gasteiger charge is -2.27. The van der Waals surface area contributed by atoms with Crippen LogP contribution in [0.15, 0.2) is 24.3 Å². The predicted molar refractivity (Wildman–Crippen MR) is 88.0 cm³/mol. The molecule has 1 aromatic rings. The summed E-state index contributed by atoms with van der Waals surface area (Å²) in [5.41, 5.74) is 5.94. The maximum atomic E-state index is 12.4. The Morgan fingerprint density at radius 1 is 1.29 bits per heavy atom. The zero-order valence-electron chi connectivity index (χ0n) is 12.3. The fourth-order valence-corrected chi connectivity index (χ4v) is 2.27. The number of halogens is 1. The molecule has 1 aromatic carbocycles. The number of ether oxygens (including phenoxy) is 1. The highest BCUT2D eigenvalue weighted by Gasteiger charge is 2.32. The van der Waals surface area contributed by atoms with Gasteiger partial charge in [0.2, 0.25) is 0 Å². The molecule has 0 aliphatic rings. The van der Waals surface area contributed by atoms with E-state index < -0.39 is 29.5 Å². The molecule has 0 bridgehead atoms. The van der Waals surface area contributed by atoms with Crippen LogP contribution < -0.4 is 5.73 Å². The highest BCUT2D eigenvalue weighted by molar-refractivity contribution is 14.1. The summed E-state index contributed by atoms with van der Waals surface area (Å²) in [7, 11) is 0. The van der Waals surface area contributed by atoms with Gasteiger partial charge in [0.15, 0.2) is 0 Å². The van der Waals surface area contributed by atoms with Gasteiger partial charge in [0.05, 0.1) is 12.3 Å². The molecule has 0 unspecified atom stereocenters. The summed E-state index contributed by atoms with van der Waals surface area (Å²) < 4.78 is 6.39. The molecule has 0 aliphatic carbocycles. The Bertz CT molecular complexity index is 507. The summed E-state index contributed by atoms with van der Waals surface area (Å²) in [6, 6.07) is 6.41. The van der Waals surface area contributed by atoms with Gasteiger partial charge in [-0.1, -0.05) is 12.1 Å². The van der Waals surface area contributed by atoms with Gasteiger partial charge in [0, 0.05) is 9.61 Å². The molecule has 5 nitrogen and oxygen atoms in total. The molecule has 6 heteroatoms. The van der Waals surface area contributed by atoms with Crippen LogP contribution in [0.25, 0.3) is 0 Å². The van der Waals surface area contributed by atoms with Crippen LogP contribution in [0.4, 0.5) is 0 Å². The third-order valence-corrected chi connectivity index (χ3v) is 3.45. The molecule has 0 heterocycles. The third kappa shape index (κ3) is 6.01. The van der Waals surface area contributed by atoms with Crippen molar-refractivity contribution < 1.29 is 19.4 Å². The van der Waals surface area contributed by atoms with E-state index in [-0.39, 0.29) is 6.42 Å². The first-order valence-electron chi connectivity index (χ1n) is 6.56. The van der Waals surface area contributed by atoms with Gasteiger partial charge in [-0.3, -0.25) is 9.59 Å². The van der Waals surface area contributed by atoms with E-state index in [1.165, 1.54) is 0 Å². The Kier molecular flexibility index (Phi) is 6.15. The molecule has 21 heavy (non-hydrogen) atoms. The average molecular weight is 405 g/mol. The van der Waals surface area contributed by atoms with E-state index in [0.29, 0.717) is 5.56 Å². The van der Waals surface area contributed by atoms with Crippen LogP contribution in [0.2, 0.25) is 0 Å². The number of hydrogen-bond acceptors (Lipinski definition) is 4. The first-order chi connectivity index (χ1) is 9.60. The molecule has 3 N–H and O–H groups in total. The standard InChI is InChI=1S/C15H20INO4/c1-15(2,3)21-14(20)13(11(17)8-12(18)19)9-4-6-10(16)7-5-9/h4-7,11,13H,8,17H2,1-3H3,(H,18,19)/t11-,13-/m0/s1. The number of benzene rings is 1. The van der Waals surface area contributed by atoms with Gasteiger partial charge >= 0.3 is 11.9 Å². The fraction of sp³-hybridized carbons (Fsp3) is 0.467. The molecule has 0 aliphatic heterocycles. The minimum Gasteiger partial charge on any atom is -0.481 e. The van der Waals surface area contributed by atoms with Crippen LogP contribution in [0.5, 0.6) is 0 Å². The zero-order chi connectivity index (χ0) is 16.2. The molecular weight excluding hydrogens is 385 g/mol. The first kappa shape index (κ1) is 17.9. The Morgan fingerprint density at radius 2 is 1.81 bits per heavy atom. The smallest absolute Gasteiger partial charge is 0.315 e. The zero-order valence-corrected chi connectivity index (χ0v) is 14.5. The number of carboxylic acid groups (broad SMARTS) is 1. The second kappa shape index (κ2) is 7.22. The number of rotatable bonds is 5. The SMILES string of the molecule is CC(C)(C)OC(=O)[C@@H](c1ccc(I)cc1)[C@@H](N)CC(=O)O. The van der Waals surface area contributed by atoms with Gasteiger partial charge < -0.3 is 15.6 Å². The average Bonchev–Trinajstić information content (AvgIpc) is 2.28. The summed E-state index contributed by atoms with van der Waals surface area (Å²) in [5.74, 6) is -2.34. The third-order valence-electron chi connectivity index (χ3n) is 2.73. The molecular formula is C15H20INO4. The van der Waals surface area contributed by atoms with Crippen molar-refractivity contribution in [2.24, 2.45) is 5.73 Å². The number of hydrogen-bond donors (Lipinski definition) is 2. The van der Waals surface area contributed by atoms with Crippen molar-refractivity contribution >= 4 is 34.5 Å².